The molecule has 0 radical (unpaired) electrons. The zero-order chi connectivity index (χ0) is 18.5. The Hall–Kier alpha value is -3.54. The summed E-state index contributed by atoms with van der Waals surface area (Å²) in [5.74, 6) is -0.0799. The van der Waals surface area contributed by atoms with E-state index in [0.29, 0.717) is 25.1 Å². The molecule has 6 heteroatoms. The number of hydrogen-bond acceptors (Lipinski definition) is 4. The van der Waals surface area contributed by atoms with Crippen LogP contribution in [0.2, 0.25) is 0 Å². The molecule has 0 unspecified atom stereocenters. The van der Waals surface area contributed by atoms with E-state index < -0.39 is 0 Å². The van der Waals surface area contributed by atoms with Gasteiger partial charge >= 0.3 is 0 Å². The van der Waals surface area contributed by atoms with Gasteiger partial charge in [-0.05, 0) is 42.0 Å². The van der Waals surface area contributed by atoms with E-state index in [1.165, 1.54) is 0 Å². The molecule has 134 valence electrons. The Labute approximate surface area is 156 Å². The van der Waals surface area contributed by atoms with Crippen LogP contribution >= 0.6 is 0 Å². The number of carbonyl (C=O) groups excluding carboxylic acids is 1. The van der Waals surface area contributed by atoms with E-state index in [2.05, 4.69) is 20.6 Å². The molecule has 0 fully saturated rings. The Bertz CT molecular complexity index is 1040. The number of aromatic nitrogens is 4. The third-order valence-electron chi connectivity index (χ3n) is 4.36. The lowest BCUT2D eigenvalue weighted by molar-refractivity contribution is 0.0954. The Balaban J connectivity index is 1.36. The second-order valence-corrected chi connectivity index (χ2v) is 6.26. The second kappa shape index (κ2) is 7.78. The van der Waals surface area contributed by atoms with Gasteiger partial charge in [0, 0.05) is 30.4 Å². The summed E-state index contributed by atoms with van der Waals surface area (Å²) in [6, 6.07) is 21.2. The molecule has 0 bridgehead atoms. The van der Waals surface area contributed by atoms with E-state index in [-0.39, 0.29) is 5.91 Å². The molecule has 6 nitrogen and oxygen atoms in total. The normalized spacial score (nSPS) is 10.8. The second-order valence-electron chi connectivity index (χ2n) is 6.26. The van der Waals surface area contributed by atoms with E-state index in [1.54, 1.807) is 6.20 Å². The quantitative estimate of drug-likeness (QED) is 0.576. The van der Waals surface area contributed by atoms with Crippen molar-refractivity contribution in [2.75, 3.05) is 6.54 Å². The fourth-order valence-electron chi connectivity index (χ4n) is 2.92. The molecule has 2 aromatic heterocycles. The molecule has 0 saturated carbocycles. The van der Waals surface area contributed by atoms with Crippen molar-refractivity contribution >= 4 is 16.9 Å². The molecular formula is C21H19N5O. The van der Waals surface area contributed by atoms with Gasteiger partial charge in [-0.2, -0.15) is 0 Å². The fourth-order valence-corrected chi connectivity index (χ4v) is 2.92. The first kappa shape index (κ1) is 16.9. The first-order valence-electron chi connectivity index (χ1n) is 8.85. The maximum atomic E-state index is 12.3. The molecule has 0 aliphatic heterocycles. The fraction of sp³-hybridized carbons (Fsp3) is 0.143. The third-order valence-corrected chi connectivity index (χ3v) is 4.36. The lowest BCUT2D eigenvalue weighted by Crippen LogP contribution is -2.25. The van der Waals surface area contributed by atoms with Crippen LogP contribution in [-0.4, -0.2) is 32.4 Å². The maximum Gasteiger partial charge on any atom is 0.251 e. The predicted octanol–water partition coefficient (Wildman–Crippen LogP) is 2.85. The highest BCUT2D eigenvalue weighted by molar-refractivity contribution is 5.94. The summed E-state index contributed by atoms with van der Waals surface area (Å²) in [5, 5.41) is 11.3. The van der Waals surface area contributed by atoms with Gasteiger partial charge in [-0.25, -0.2) is 4.68 Å². The lowest BCUT2D eigenvalue weighted by atomic mass is 10.1. The molecule has 27 heavy (non-hydrogen) atoms. The molecule has 2 heterocycles. The van der Waals surface area contributed by atoms with Crippen LogP contribution < -0.4 is 5.32 Å². The first-order valence-corrected chi connectivity index (χ1v) is 8.85. The highest BCUT2D eigenvalue weighted by Gasteiger charge is 2.07. The Kier molecular flexibility index (Phi) is 4.87. The summed E-state index contributed by atoms with van der Waals surface area (Å²) in [5.41, 5.74) is 4.54. The van der Waals surface area contributed by atoms with E-state index in [0.717, 1.165) is 22.3 Å². The number of fused-ring (bicyclic) bond motifs is 1. The number of benzene rings is 2. The van der Waals surface area contributed by atoms with Crippen LogP contribution in [0.4, 0.5) is 0 Å². The standard InChI is InChI=1S/C21H19N5O/c27-21(23-14-12-18-5-3-4-13-22-18)17-10-8-16(9-11-17)15-26-20-7-2-1-6-19(20)24-25-26/h1-11,13H,12,14-15H2,(H,23,27). The molecule has 0 atom stereocenters. The van der Waals surface area contributed by atoms with Crippen LogP contribution in [0, 0.1) is 0 Å². The number of para-hydroxylation sites is 1. The van der Waals surface area contributed by atoms with E-state index >= 15 is 0 Å². The van der Waals surface area contributed by atoms with Crippen LogP contribution in [0.1, 0.15) is 21.6 Å². The molecule has 4 rings (SSSR count). The number of nitrogens with zero attached hydrogens (tertiary/aromatic N) is 4. The van der Waals surface area contributed by atoms with Crippen molar-refractivity contribution in [1.82, 2.24) is 25.3 Å². The Morgan fingerprint density at radius 2 is 1.78 bits per heavy atom. The van der Waals surface area contributed by atoms with Crippen molar-refractivity contribution in [2.24, 2.45) is 0 Å². The summed E-state index contributed by atoms with van der Waals surface area (Å²) < 4.78 is 1.86. The smallest absolute Gasteiger partial charge is 0.251 e. The SMILES string of the molecule is O=C(NCCc1ccccn1)c1ccc(Cn2nnc3ccccc32)cc1. The van der Waals surface area contributed by atoms with Gasteiger partial charge in [0.05, 0.1) is 12.1 Å². The van der Waals surface area contributed by atoms with Gasteiger partial charge in [-0.1, -0.05) is 35.5 Å². The van der Waals surface area contributed by atoms with Crippen LogP contribution in [0.5, 0.6) is 0 Å². The highest BCUT2D eigenvalue weighted by Crippen LogP contribution is 2.13. The molecule has 0 saturated heterocycles. The van der Waals surface area contributed by atoms with Crippen molar-refractivity contribution in [2.45, 2.75) is 13.0 Å². The number of amides is 1. The van der Waals surface area contributed by atoms with Gasteiger partial charge in [0.25, 0.3) is 5.91 Å². The van der Waals surface area contributed by atoms with Crippen molar-refractivity contribution in [3.8, 4) is 0 Å². The van der Waals surface area contributed by atoms with Crippen LogP contribution in [0.3, 0.4) is 0 Å². The van der Waals surface area contributed by atoms with Gasteiger partial charge < -0.3 is 5.32 Å². The maximum absolute atomic E-state index is 12.3. The van der Waals surface area contributed by atoms with E-state index in [4.69, 9.17) is 0 Å². The monoisotopic (exact) mass is 357 g/mol. The van der Waals surface area contributed by atoms with Gasteiger partial charge in [0.15, 0.2) is 0 Å². The van der Waals surface area contributed by atoms with Gasteiger partial charge in [0.2, 0.25) is 0 Å². The van der Waals surface area contributed by atoms with Crippen LogP contribution in [0.15, 0.2) is 72.9 Å². The number of rotatable bonds is 6. The minimum atomic E-state index is -0.0799. The summed E-state index contributed by atoms with van der Waals surface area (Å²) in [7, 11) is 0. The van der Waals surface area contributed by atoms with Crippen molar-refractivity contribution in [3.05, 3.63) is 89.7 Å². The highest BCUT2D eigenvalue weighted by atomic mass is 16.1. The average molecular weight is 357 g/mol. The molecule has 0 spiro atoms. The van der Waals surface area contributed by atoms with E-state index in [1.807, 2.05) is 71.4 Å². The topological polar surface area (TPSA) is 72.7 Å². The molecule has 1 N–H and O–H groups in total. The van der Waals surface area contributed by atoms with Gasteiger partial charge in [0.1, 0.15) is 5.52 Å². The molecule has 0 aliphatic carbocycles. The molecule has 0 aliphatic rings. The van der Waals surface area contributed by atoms with Crippen molar-refractivity contribution in [1.29, 1.82) is 0 Å². The van der Waals surface area contributed by atoms with Gasteiger partial charge in [-0.3, -0.25) is 9.78 Å². The number of carbonyl (C=O) groups is 1. The Morgan fingerprint density at radius 1 is 0.963 bits per heavy atom. The van der Waals surface area contributed by atoms with Crippen molar-refractivity contribution < 1.29 is 4.79 Å². The number of nitrogens with one attached hydrogen (secondary N) is 1. The molecular weight excluding hydrogens is 338 g/mol. The zero-order valence-electron chi connectivity index (χ0n) is 14.7. The predicted molar refractivity (Wildman–Crippen MR) is 103 cm³/mol. The number of hydrogen-bond donors (Lipinski definition) is 1. The minimum absolute atomic E-state index is 0.0799. The summed E-state index contributed by atoms with van der Waals surface area (Å²) in [6.45, 7) is 1.17. The van der Waals surface area contributed by atoms with E-state index in [9.17, 15) is 4.79 Å². The minimum Gasteiger partial charge on any atom is -0.352 e. The number of pyridine rings is 1. The molecule has 1 amide bonds. The summed E-state index contributed by atoms with van der Waals surface area (Å²) in [6.07, 6.45) is 2.47. The summed E-state index contributed by atoms with van der Waals surface area (Å²) in [4.78, 5) is 16.5. The lowest BCUT2D eigenvalue weighted by Gasteiger charge is -2.07. The summed E-state index contributed by atoms with van der Waals surface area (Å²) >= 11 is 0. The van der Waals surface area contributed by atoms with Crippen molar-refractivity contribution in [3.63, 3.8) is 0 Å². The van der Waals surface area contributed by atoms with Crippen LogP contribution in [-0.2, 0) is 13.0 Å². The third kappa shape index (κ3) is 4.00. The molecule has 2 aromatic carbocycles. The van der Waals surface area contributed by atoms with Crippen LogP contribution in [0.25, 0.3) is 11.0 Å². The average Bonchev–Trinajstić information content (AvgIpc) is 3.12. The Morgan fingerprint density at radius 3 is 2.59 bits per heavy atom. The van der Waals surface area contributed by atoms with Gasteiger partial charge in [-0.15, -0.1) is 5.10 Å². The zero-order valence-corrected chi connectivity index (χ0v) is 14.7. The largest absolute Gasteiger partial charge is 0.352 e. The first-order chi connectivity index (χ1) is 13.3. The molecule has 4 aromatic rings.